The van der Waals surface area contributed by atoms with Crippen LogP contribution in [-0.2, 0) is 0 Å². The first-order chi connectivity index (χ1) is 10.5. The van der Waals surface area contributed by atoms with E-state index in [4.69, 9.17) is 0 Å². The van der Waals surface area contributed by atoms with E-state index in [1.165, 1.54) is 24.9 Å². The fourth-order valence-electron chi connectivity index (χ4n) is 2.60. The zero-order valence-electron chi connectivity index (χ0n) is 14.0. The zero-order valence-corrected chi connectivity index (χ0v) is 14.8. The molecule has 1 fully saturated rings. The lowest BCUT2D eigenvalue weighted by Crippen LogP contribution is -2.29. The molecule has 1 heterocycles. The lowest BCUT2D eigenvalue weighted by atomic mass is 10.1. The number of rotatable bonds is 5. The predicted octanol–water partition coefficient (Wildman–Crippen LogP) is 3.94. The van der Waals surface area contributed by atoms with Crippen LogP contribution in [-0.4, -0.2) is 36.0 Å². The van der Waals surface area contributed by atoms with Crippen LogP contribution < -0.4 is 10.2 Å². The number of carbonyl (C=O) groups is 1. The molecule has 0 saturated carbocycles. The largest absolute Gasteiger partial charge is 0.372 e. The van der Waals surface area contributed by atoms with Crippen molar-refractivity contribution in [3.63, 3.8) is 0 Å². The van der Waals surface area contributed by atoms with Crippen LogP contribution in [0.3, 0.4) is 0 Å². The number of hydrogen-bond acceptors (Lipinski definition) is 3. The summed E-state index contributed by atoms with van der Waals surface area (Å²) in [6, 6.07) is 8.03. The highest BCUT2D eigenvalue weighted by Gasteiger charge is 2.13. The van der Waals surface area contributed by atoms with Crippen LogP contribution in [0.25, 0.3) is 0 Å². The van der Waals surface area contributed by atoms with Crippen molar-refractivity contribution in [2.45, 2.75) is 44.8 Å². The highest BCUT2D eigenvalue weighted by Crippen LogP contribution is 2.22. The fraction of sp³-hybridized carbons (Fsp3) is 0.611. The zero-order chi connectivity index (χ0) is 16.0. The first kappa shape index (κ1) is 17.2. The molecule has 0 radical (unpaired) electrons. The van der Waals surface area contributed by atoms with Crippen molar-refractivity contribution in [2.75, 3.05) is 30.3 Å². The Hall–Kier alpha value is -1.16. The SMILES string of the molecule is CC(C)(C)SCCNC(=O)c1ccc(N2CCCCC2)cc1. The lowest BCUT2D eigenvalue weighted by Gasteiger charge is -2.28. The summed E-state index contributed by atoms with van der Waals surface area (Å²) in [6.45, 7) is 9.57. The number of anilines is 1. The topological polar surface area (TPSA) is 32.3 Å². The molecule has 1 aliphatic heterocycles. The standard InChI is InChI=1S/C18H28N2OS/c1-18(2,3)22-14-11-19-17(21)15-7-9-16(10-8-15)20-12-5-4-6-13-20/h7-10H,4-6,11-14H2,1-3H3,(H,19,21). The van der Waals surface area contributed by atoms with Gasteiger partial charge in [-0.15, -0.1) is 0 Å². The number of piperidine rings is 1. The van der Waals surface area contributed by atoms with Crippen LogP contribution >= 0.6 is 11.8 Å². The average molecular weight is 321 g/mol. The Kier molecular flexibility index (Phi) is 6.18. The highest BCUT2D eigenvalue weighted by molar-refractivity contribution is 8.00. The van der Waals surface area contributed by atoms with Crippen molar-refractivity contribution < 1.29 is 4.79 Å². The minimum atomic E-state index is 0.0275. The van der Waals surface area contributed by atoms with Crippen LogP contribution in [0.4, 0.5) is 5.69 Å². The first-order valence-electron chi connectivity index (χ1n) is 8.23. The summed E-state index contributed by atoms with van der Waals surface area (Å²) in [5.41, 5.74) is 1.99. The molecule has 0 spiro atoms. The molecule has 3 nitrogen and oxygen atoms in total. The monoisotopic (exact) mass is 320 g/mol. The summed E-state index contributed by atoms with van der Waals surface area (Å²) >= 11 is 1.87. The van der Waals surface area contributed by atoms with E-state index in [2.05, 4.69) is 43.1 Å². The summed E-state index contributed by atoms with van der Waals surface area (Å²) < 4.78 is 0.251. The van der Waals surface area contributed by atoms with Gasteiger partial charge in [-0.1, -0.05) is 20.8 Å². The van der Waals surface area contributed by atoms with Crippen LogP contribution in [0.2, 0.25) is 0 Å². The minimum Gasteiger partial charge on any atom is -0.372 e. The average Bonchev–Trinajstić information content (AvgIpc) is 2.51. The molecule has 1 N–H and O–H groups in total. The third-order valence-electron chi connectivity index (χ3n) is 3.77. The number of amides is 1. The number of thioether (sulfide) groups is 1. The Morgan fingerprint density at radius 2 is 1.77 bits per heavy atom. The molecule has 1 aromatic carbocycles. The molecule has 0 bridgehead atoms. The number of hydrogen-bond donors (Lipinski definition) is 1. The van der Waals surface area contributed by atoms with Gasteiger partial charge in [0.2, 0.25) is 0 Å². The van der Waals surface area contributed by atoms with Gasteiger partial charge in [0.1, 0.15) is 0 Å². The Morgan fingerprint density at radius 3 is 2.36 bits per heavy atom. The van der Waals surface area contributed by atoms with E-state index < -0.39 is 0 Å². The normalized spacial score (nSPS) is 15.7. The number of benzene rings is 1. The molecule has 4 heteroatoms. The maximum absolute atomic E-state index is 12.1. The van der Waals surface area contributed by atoms with Gasteiger partial charge in [0.05, 0.1) is 0 Å². The van der Waals surface area contributed by atoms with Crippen molar-refractivity contribution in [1.29, 1.82) is 0 Å². The van der Waals surface area contributed by atoms with Gasteiger partial charge in [0.15, 0.2) is 0 Å². The van der Waals surface area contributed by atoms with Crippen molar-refractivity contribution in [3.05, 3.63) is 29.8 Å². The number of nitrogens with zero attached hydrogens (tertiary/aromatic N) is 1. The van der Waals surface area contributed by atoms with Gasteiger partial charge in [-0.3, -0.25) is 4.79 Å². The smallest absolute Gasteiger partial charge is 0.251 e. The lowest BCUT2D eigenvalue weighted by molar-refractivity contribution is 0.0956. The minimum absolute atomic E-state index is 0.0275. The van der Waals surface area contributed by atoms with Crippen molar-refractivity contribution in [3.8, 4) is 0 Å². The molecule has 0 aromatic heterocycles. The quantitative estimate of drug-likeness (QED) is 0.834. The van der Waals surface area contributed by atoms with Gasteiger partial charge < -0.3 is 10.2 Å². The van der Waals surface area contributed by atoms with E-state index in [9.17, 15) is 4.79 Å². The molecular formula is C18H28N2OS. The third kappa shape index (κ3) is 5.56. The summed E-state index contributed by atoms with van der Waals surface area (Å²) in [5.74, 6) is 0.973. The van der Waals surface area contributed by atoms with Gasteiger partial charge in [-0.2, -0.15) is 11.8 Å². The van der Waals surface area contributed by atoms with Gasteiger partial charge in [-0.25, -0.2) is 0 Å². The van der Waals surface area contributed by atoms with E-state index in [1.54, 1.807) is 0 Å². The Morgan fingerprint density at radius 1 is 1.14 bits per heavy atom. The van der Waals surface area contributed by atoms with Crippen molar-refractivity contribution >= 4 is 23.4 Å². The Labute approximate surface area is 138 Å². The van der Waals surface area contributed by atoms with Gasteiger partial charge in [0, 0.05) is 41.4 Å². The molecule has 1 aromatic rings. The van der Waals surface area contributed by atoms with Gasteiger partial charge >= 0.3 is 0 Å². The molecule has 1 aliphatic rings. The number of carbonyl (C=O) groups excluding carboxylic acids is 1. The Bertz CT molecular complexity index is 473. The van der Waals surface area contributed by atoms with E-state index in [0.29, 0.717) is 6.54 Å². The second kappa shape index (κ2) is 7.91. The van der Waals surface area contributed by atoms with Gasteiger partial charge in [-0.05, 0) is 43.5 Å². The molecule has 1 saturated heterocycles. The second-order valence-corrected chi connectivity index (χ2v) is 8.73. The van der Waals surface area contributed by atoms with Crippen LogP contribution in [0.15, 0.2) is 24.3 Å². The molecule has 1 amide bonds. The van der Waals surface area contributed by atoms with Crippen molar-refractivity contribution in [1.82, 2.24) is 5.32 Å². The molecule has 22 heavy (non-hydrogen) atoms. The molecular weight excluding hydrogens is 292 g/mol. The maximum Gasteiger partial charge on any atom is 0.251 e. The Balaban J connectivity index is 1.80. The second-order valence-electron chi connectivity index (χ2n) is 6.81. The maximum atomic E-state index is 12.1. The third-order valence-corrected chi connectivity index (χ3v) is 5.05. The summed E-state index contributed by atoms with van der Waals surface area (Å²) in [4.78, 5) is 14.5. The first-order valence-corrected chi connectivity index (χ1v) is 9.21. The van der Waals surface area contributed by atoms with Crippen LogP contribution in [0.5, 0.6) is 0 Å². The van der Waals surface area contributed by atoms with Crippen LogP contribution in [0, 0.1) is 0 Å². The summed E-state index contributed by atoms with van der Waals surface area (Å²) in [5, 5.41) is 3.00. The van der Waals surface area contributed by atoms with Crippen LogP contribution in [0.1, 0.15) is 50.4 Å². The fourth-order valence-corrected chi connectivity index (χ4v) is 3.42. The molecule has 2 rings (SSSR count). The summed E-state index contributed by atoms with van der Waals surface area (Å²) in [7, 11) is 0. The highest BCUT2D eigenvalue weighted by atomic mass is 32.2. The van der Waals surface area contributed by atoms with Gasteiger partial charge in [0.25, 0.3) is 5.91 Å². The molecule has 0 atom stereocenters. The molecule has 122 valence electrons. The van der Waals surface area contributed by atoms with Crippen molar-refractivity contribution in [2.24, 2.45) is 0 Å². The molecule has 0 aliphatic carbocycles. The van der Waals surface area contributed by atoms with E-state index in [-0.39, 0.29) is 10.7 Å². The summed E-state index contributed by atoms with van der Waals surface area (Å²) in [6.07, 6.45) is 3.88. The van der Waals surface area contributed by atoms with E-state index in [1.807, 2.05) is 23.9 Å². The predicted molar refractivity (Wildman–Crippen MR) is 97.1 cm³/mol. The molecule has 0 unspecified atom stereocenters. The van der Waals surface area contributed by atoms with E-state index >= 15 is 0 Å². The number of nitrogens with one attached hydrogen (secondary N) is 1. The van der Waals surface area contributed by atoms with E-state index in [0.717, 1.165) is 24.4 Å².